The van der Waals surface area contributed by atoms with Gasteiger partial charge in [-0.05, 0) is 26.8 Å². The molecule has 1 heterocycles. The highest BCUT2D eigenvalue weighted by molar-refractivity contribution is 5.77. The number of carbonyl (C=O) groups is 1. The number of carbonyl (C=O) groups excluding carboxylic acids is 1. The van der Waals surface area contributed by atoms with Gasteiger partial charge in [-0.3, -0.25) is 4.79 Å². The van der Waals surface area contributed by atoms with Crippen LogP contribution in [0.25, 0.3) is 0 Å². The summed E-state index contributed by atoms with van der Waals surface area (Å²) in [5.41, 5.74) is -1.24. The molecule has 3 N–H and O–H groups in total. The van der Waals surface area contributed by atoms with Crippen LogP contribution in [-0.2, 0) is 9.53 Å². The predicted molar refractivity (Wildman–Crippen MR) is 61.2 cm³/mol. The van der Waals surface area contributed by atoms with E-state index in [1.165, 1.54) is 0 Å². The van der Waals surface area contributed by atoms with Crippen LogP contribution >= 0.6 is 0 Å². The zero-order valence-electron chi connectivity index (χ0n) is 10.3. The van der Waals surface area contributed by atoms with Gasteiger partial charge in [0.1, 0.15) is 0 Å². The molecule has 1 fully saturated rings. The van der Waals surface area contributed by atoms with Crippen LogP contribution in [0.2, 0.25) is 0 Å². The smallest absolute Gasteiger partial charge is 0.222 e. The Morgan fingerprint density at radius 1 is 1.62 bits per heavy atom. The van der Waals surface area contributed by atoms with Gasteiger partial charge in [0.2, 0.25) is 5.91 Å². The number of nitrogens with one attached hydrogen (secondary N) is 2. The van der Waals surface area contributed by atoms with Crippen LogP contribution in [0.15, 0.2) is 0 Å². The van der Waals surface area contributed by atoms with E-state index < -0.39 is 11.2 Å². The molecule has 0 aromatic rings. The van der Waals surface area contributed by atoms with Crippen LogP contribution in [0.5, 0.6) is 0 Å². The standard InChI is InChI=1S/C11H22N2O3/c1-10(2,16-3)6-9(14)13-8-11(15)4-5-12-7-11/h12,15H,4-8H2,1-3H3,(H,13,14). The SMILES string of the molecule is COC(C)(C)CC(=O)NCC1(O)CCNC1. The van der Waals surface area contributed by atoms with Crippen molar-refractivity contribution in [2.45, 2.75) is 37.9 Å². The van der Waals surface area contributed by atoms with Crippen molar-refractivity contribution in [1.82, 2.24) is 10.6 Å². The summed E-state index contributed by atoms with van der Waals surface area (Å²) in [6, 6.07) is 0. The van der Waals surface area contributed by atoms with Gasteiger partial charge >= 0.3 is 0 Å². The predicted octanol–water partition coefficient (Wildman–Crippen LogP) is -0.358. The molecule has 16 heavy (non-hydrogen) atoms. The minimum atomic E-state index is -0.785. The second kappa shape index (κ2) is 5.12. The van der Waals surface area contributed by atoms with Gasteiger partial charge in [0.15, 0.2) is 0 Å². The normalized spacial score (nSPS) is 25.8. The summed E-state index contributed by atoms with van der Waals surface area (Å²) in [7, 11) is 1.59. The van der Waals surface area contributed by atoms with E-state index in [1.807, 2.05) is 13.8 Å². The highest BCUT2D eigenvalue weighted by Gasteiger charge is 2.31. The topological polar surface area (TPSA) is 70.6 Å². The maximum atomic E-state index is 11.6. The number of β-amino-alcohol motifs (C(OH)–C–C–N with tert-alkyl or cyclic N) is 1. The van der Waals surface area contributed by atoms with Gasteiger partial charge in [-0.1, -0.05) is 0 Å². The van der Waals surface area contributed by atoms with Gasteiger partial charge in [-0.2, -0.15) is 0 Å². The van der Waals surface area contributed by atoms with Crippen molar-refractivity contribution in [2.75, 3.05) is 26.7 Å². The third-order valence-corrected chi connectivity index (χ3v) is 2.97. The average Bonchev–Trinajstić information content (AvgIpc) is 2.63. The van der Waals surface area contributed by atoms with Crippen LogP contribution in [0.3, 0.4) is 0 Å². The zero-order chi connectivity index (χ0) is 12.2. The quantitative estimate of drug-likeness (QED) is 0.603. The summed E-state index contributed by atoms with van der Waals surface area (Å²) < 4.78 is 5.17. The van der Waals surface area contributed by atoms with E-state index in [-0.39, 0.29) is 5.91 Å². The zero-order valence-corrected chi connectivity index (χ0v) is 10.3. The monoisotopic (exact) mass is 230 g/mol. The van der Waals surface area contributed by atoms with Gasteiger partial charge in [0, 0.05) is 20.2 Å². The number of amides is 1. The number of rotatable bonds is 5. The van der Waals surface area contributed by atoms with Crippen molar-refractivity contribution < 1.29 is 14.6 Å². The molecule has 1 rings (SSSR count). The van der Waals surface area contributed by atoms with Gasteiger partial charge in [-0.25, -0.2) is 0 Å². The van der Waals surface area contributed by atoms with Crippen molar-refractivity contribution in [3.63, 3.8) is 0 Å². The highest BCUT2D eigenvalue weighted by Crippen LogP contribution is 2.14. The Morgan fingerprint density at radius 3 is 2.81 bits per heavy atom. The van der Waals surface area contributed by atoms with Crippen LogP contribution < -0.4 is 10.6 Å². The second-order valence-electron chi connectivity index (χ2n) is 5.07. The average molecular weight is 230 g/mol. The summed E-state index contributed by atoms with van der Waals surface area (Å²) in [5.74, 6) is -0.0906. The maximum absolute atomic E-state index is 11.6. The molecule has 1 saturated heterocycles. The van der Waals surface area contributed by atoms with E-state index in [4.69, 9.17) is 4.74 Å². The lowest BCUT2D eigenvalue weighted by molar-refractivity contribution is -0.127. The summed E-state index contributed by atoms with van der Waals surface area (Å²) in [6.07, 6.45) is 0.980. The van der Waals surface area contributed by atoms with Gasteiger partial charge in [-0.15, -0.1) is 0 Å². The first-order valence-corrected chi connectivity index (χ1v) is 5.62. The Labute approximate surface area is 96.6 Å². The van der Waals surface area contributed by atoms with Crippen molar-refractivity contribution in [3.05, 3.63) is 0 Å². The first kappa shape index (κ1) is 13.4. The molecule has 5 nitrogen and oxygen atoms in total. The van der Waals surface area contributed by atoms with Crippen molar-refractivity contribution in [2.24, 2.45) is 0 Å². The number of aliphatic hydroxyl groups is 1. The van der Waals surface area contributed by atoms with Crippen LogP contribution in [0.4, 0.5) is 0 Å². The lowest BCUT2D eigenvalue weighted by atomic mass is 10.0. The Morgan fingerprint density at radius 2 is 2.31 bits per heavy atom. The first-order chi connectivity index (χ1) is 7.37. The van der Waals surface area contributed by atoms with E-state index in [2.05, 4.69) is 10.6 Å². The lowest BCUT2D eigenvalue weighted by Gasteiger charge is -2.25. The second-order valence-corrected chi connectivity index (χ2v) is 5.07. The summed E-state index contributed by atoms with van der Waals surface area (Å²) in [6.45, 7) is 5.37. The molecule has 94 valence electrons. The van der Waals surface area contributed by atoms with E-state index in [1.54, 1.807) is 7.11 Å². The van der Waals surface area contributed by atoms with Crippen LogP contribution in [0.1, 0.15) is 26.7 Å². The molecule has 1 aliphatic heterocycles. The minimum absolute atomic E-state index is 0.0906. The molecular weight excluding hydrogens is 208 g/mol. The number of hydrogen-bond acceptors (Lipinski definition) is 4. The Hall–Kier alpha value is -0.650. The number of hydrogen-bond donors (Lipinski definition) is 3. The third-order valence-electron chi connectivity index (χ3n) is 2.97. The molecule has 5 heteroatoms. The van der Waals surface area contributed by atoms with E-state index in [9.17, 15) is 9.90 Å². The largest absolute Gasteiger partial charge is 0.387 e. The molecular formula is C11H22N2O3. The molecule has 0 radical (unpaired) electrons. The molecule has 0 aliphatic carbocycles. The van der Waals surface area contributed by atoms with Gasteiger partial charge in [0.25, 0.3) is 0 Å². The molecule has 1 amide bonds. The molecule has 0 bridgehead atoms. The van der Waals surface area contributed by atoms with E-state index in [0.29, 0.717) is 25.9 Å². The van der Waals surface area contributed by atoms with Gasteiger partial charge < -0.3 is 20.5 Å². The fraction of sp³-hybridized carbons (Fsp3) is 0.909. The Kier molecular flexibility index (Phi) is 4.29. The molecule has 0 spiro atoms. The summed E-state index contributed by atoms with van der Waals surface area (Å²) in [4.78, 5) is 11.6. The molecule has 1 atom stereocenters. The molecule has 0 saturated carbocycles. The fourth-order valence-corrected chi connectivity index (χ4v) is 1.67. The van der Waals surface area contributed by atoms with Crippen molar-refractivity contribution in [1.29, 1.82) is 0 Å². The Bertz CT molecular complexity index is 248. The molecule has 1 unspecified atom stereocenters. The van der Waals surface area contributed by atoms with Crippen molar-refractivity contribution in [3.8, 4) is 0 Å². The molecule has 0 aromatic carbocycles. The minimum Gasteiger partial charge on any atom is -0.387 e. The maximum Gasteiger partial charge on any atom is 0.222 e. The Balaban J connectivity index is 2.30. The first-order valence-electron chi connectivity index (χ1n) is 5.62. The third kappa shape index (κ3) is 4.08. The summed E-state index contributed by atoms with van der Waals surface area (Å²) >= 11 is 0. The van der Waals surface area contributed by atoms with E-state index in [0.717, 1.165) is 6.54 Å². The van der Waals surface area contributed by atoms with Crippen molar-refractivity contribution >= 4 is 5.91 Å². The fourth-order valence-electron chi connectivity index (χ4n) is 1.67. The highest BCUT2D eigenvalue weighted by atomic mass is 16.5. The molecule has 0 aromatic heterocycles. The number of ether oxygens (including phenoxy) is 1. The van der Waals surface area contributed by atoms with Crippen LogP contribution in [0, 0.1) is 0 Å². The lowest BCUT2D eigenvalue weighted by Crippen LogP contribution is -2.45. The van der Waals surface area contributed by atoms with Gasteiger partial charge in [0.05, 0.1) is 17.6 Å². The van der Waals surface area contributed by atoms with E-state index >= 15 is 0 Å². The molecule has 1 aliphatic rings. The summed E-state index contributed by atoms with van der Waals surface area (Å²) in [5, 5.41) is 15.8. The van der Waals surface area contributed by atoms with Crippen LogP contribution in [-0.4, -0.2) is 49.0 Å². The number of methoxy groups -OCH3 is 1.